The van der Waals surface area contributed by atoms with Crippen LogP contribution in [0.15, 0.2) is 79.3 Å². The Labute approximate surface area is 211 Å². The van der Waals surface area contributed by atoms with Gasteiger partial charge in [-0.3, -0.25) is 29.3 Å². The van der Waals surface area contributed by atoms with Gasteiger partial charge in [0.05, 0.1) is 41.5 Å². The summed E-state index contributed by atoms with van der Waals surface area (Å²) < 4.78 is 16.5. The fourth-order valence-corrected chi connectivity index (χ4v) is 4.57. The molecule has 0 bridgehead atoms. The number of imide groups is 1. The fourth-order valence-electron chi connectivity index (χ4n) is 4.57. The molecule has 0 aliphatic carbocycles. The molecule has 9 heteroatoms. The Bertz CT molecular complexity index is 1640. The van der Waals surface area contributed by atoms with Crippen molar-refractivity contribution in [3.8, 4) is 33.6 Å². The lowest BCUT2D eigenvalue weighted by atomic mass is 9.99. The Morgan fingerprint density at radius 1 is 0.838 bits per heavy atom. The highest BCUT2D eigenvalue weighted by molar-refractivity contribution is 6.21. The second kappa shape index (κ2) is 8.94. The first-order valence-electron chi connectivity index (χ1n) is 11.7. The van der Waals surface area contributed by atoms with E-state index in [2.05, 4.69) is 20.3 Å². The number of aromatic amines is 1. The van der Waals surface area contributed by atoms with Crippen LogP contribution >= 0.6 is 0 Å². The minimum Gasteiger partial charge on any atom is -0.276 e. The number of halogens is 1. The van der Waals surface area contributed by atoms with Crippen molar-refractivity contribution in [1.29, 1.82) is 0 Å². The van der Waals surface area contributed by atoms with Crippen molar-refractivity contribution in [1.82, 2.24) is 29.9 Å². The summed E-state index contributed by atoms with van der Waals surface area (Å²) in [6, 6.07) is 17.4. The zero-order chi connectivity index (χ0) is 25.5. The molecule has 1 aliphatic heterocycles. The smallest absolute Gasteiger partial charge is 0.261 e. The second-order valence-electron chi connectivity index (χ2n) is 8.82. The molecule has 37 heavy (non-hydrogen) atoms. The summed E-state index contributed by atoms with van der Waals surface area (Å²) in [6.45, 7) is 2.37. The number of aromatic nitrogens is 5. The van der Waals surface area contributed by atoms with Crippen LogP contribution in [0.4, 0.5) is 4.39 Å². The molecule has 6 rings (SSSR count). The maximum absolute atomic E-state index is 14.9. The lowest BCUT2D eigenvalue weighted by Gasteiger charge is -2.13. The highest BCUT2D eigenvalue weighted by Gasteiger charge is 2.34. The van der Waals surface area contributed by atoms with Crippen LogP contribution in [0.5, 0.6) is 0 Å². The summed E-state index contributed by atoms with van der Waals surface area (Å²) in [7, 11) is 0. The van der Waals surface area contributed by atoms with Crippen LogP contribution in [0.1, 0.15) is 26.4 Å². The van der Waals surface area contributed by atoms with E-state index in [4.69, 9.17) is 0 Å². The van der Waals surface area contributed by atoms with Crippen LogP contribution in [-0.4, -0.2) is 48.2 Å². The molecule has 0 saturated heterocycles. The van der Waals surface area contributed by atoms with Gasteiger partial charge in [0.15, 0.2) is 0 Å². The molecule has 0 fully saturated rings. The van der Waals surface area contributed by atoms with E-state index < -0.39 is 0 Å². The molecule has 8 nitrogen and oxygen atoms in total. The Balaban J connectivity index is 1.24. The van der Waals surface area contributed by atoms with Gasteiger partial charge in [-0.1, -0.05) is 24.3 Å². The van der Waals surface area contributed by atoms with E-state index in [1.165, 1.54) is 11.0 Å². The van der Waals surface area contributed by atoms with Crippen LogP contribution in [0.25, 0.3) is 33.6 Å². The maximum atomic E-state index is 14.9. The van der Waals surface area contributed by atoms with Gasteiger partial charge in [-0.25, -0.2) is 4.39 Å². The Hall–Kier alpha value is -4.92. The zero-order valence-corrected chi connectivity index (χ0v) is 19.9. The Morgan fingerprint density at radius 2 is 1.62 bits per heavy atom. The molecule has 4 heterocycles. The van der Waals surface area contributed by atoms with Crippen molar-refractivity contribution in [2.45, 2.75) is 13.5 Å². The van der Waals surface area contributed by atoms with Crippen LogP contribution in [0.2, 0.25) is 0 Å². The molecule has 3 aromatic heterocycles. The first-order chi connectivity index (χ1) is 18.0. The lowest BCUT2D eigenvalue weighted by Crippen LogP contribution is -2.33. The highest BCUT2D eigenvalue weighted by Crippen LogP contribution is 2.33. The third kappa shape index (κ3) is 4.00. The quantitative estimate of drug-likeness (QED) is 0.345. The number of rotatable bonds is 6. The highest BCUT2D eigenvalue weighted by atomic mass is 19.1. The number of H-pyrrole nitrogens is 1. The Kier molecular flexibility index (Phi) is 5.45. The molecule has 5 aromatic rings. The van der Waals surface area contributed by atoms with Crippen molar-refractivity contribution >= 4 is 11.8 Å². The summed E-state index contributed by atoms with van der Waals surface area (Å²) >= 11 is 0. The summed E-state index contributed by atoms with van der Waals surface area (Å²) in [6.07, 6.45) is 4.98. The standard InChI is InChI=1S/C28H21FN6O2/c1-17-5-4-8-25(32-17)26-23(15-30-33-26)18-9-10-24(29)22(13-18)19-14-31-34(16-19)11-12-35-27(36)20-6-2-3-7-21(20)28(35)37/h2-10,13-16H,11-12H2,1H3,(H,30,33). The molecule has 182 valence electrons. The number of carbonyl (C=O) groups is 2. The van der Waals surface area contributed by atoms with Crippen molar-refractivity contribution < 1.29 is 14.0 Å². The lowest BCUT2D eigenvalue weighted by molar-refractivity contribution is 0.0647. The molecule has 2 aromatic carbocycles. The number of nitrogens with one attached hydrogen (secondary N) is 1. The molecule has 0 radical (unpaired) electrons. The van der Waals surface area contributed by atoms with Gasteiger partial charge in [0.25, 0.3) is 11.8 Å². The minimum atomic E-state index is -0.387. The third-order valence-electron chi connectivity index (χ3n) is 6.44. The summed E-state index contributed by atoms with van der Waals surface area (Å²) in [4.78, 5) is 31.0. The molecular formula is C28H21FN6O2. The molecular weight excluding hydrogens is 471 g/mol. The largest absolute Gasteiger partial charge is 0.276 e. The van der Waals surface area contributed by atoms with Gasteiger partial charge < -0.3 is 0 Å². The maximum Gasteiger partial charge on any atom is 0.261 e. The topological polar surface area (TPSA) is 96.8 Å². The van der Waals surface area contributed by atoms with E-state index in [0.717, 1.165) is 28.2 Å². The van der Waals surface area contributed by atoms with Gasteiger partial charge in [0.2, 0.25) is 0 Å². The second-order valence-corrected chi connectivity index (χ2v) is 8.82. The predicted octanol–water partition coefficient (Wildman–Crippen LogP) is 4.75. The fraction of sp³-hybridized carbons (Fsp3) is 0.107. The van der Waals surface area contributed by atoms with Crippen LogP contribution in [-0.2, 0) is 6.54 Å². The van der Waals surface area contributed by atoms with Gasteiger partial charge in [-0.15, -0.1) is 0 Å². The molecule has 1 N–H and O–H groups in total. The van der Waals surface area contributed by atoms with Gasteiger partial charge in [-0.05, 0) is 48.9 Å². The normalized spacial score (nSPS) is 12.9. The molecule has 0 atom stereocenters. The monoisotopic (exact) mass is 492 g/mol. The van der Waals surface area contributed by atoms with Gasteiger partial charge >= 0.3 is 0 Å². The number of aryl methyl sites for hydroxylation is 1. The number of carbonyl (C=O) groups excluding carboxylic acids is 2. The SMILES string of the molecule is Cc1cccc(-c2[nH]ncc2-c2ccc(F)c(-c3cnn(CCN4C(=O)c5ccccc5C4=O)c3)c2)n1. The molecule has 1 aliphatic rings. The van der Waals surface area contributed by atoms with E-state index in [1.807, 2.05) is 25.1 Å². The molecule has 2 amide bonds. The van der Waals surface area contributed by atoms with Crippen LogP contribution in [0, 0.1) is 12.7 Å². The number of hydrogen-bond donors (Lipinski definition) is 1. The predicted molar refractivity (Wildman–Crippen MR) is 135 cm³/mol. The average molecular weight is 493 g/mol. The van der Waals surface area contributed by atoms with E-state index in [0.29, 0.717) is 22.3 Å². The number of hydrogen-bond acceptors (Lipinski definition) is 5. The first-order valence-corrected chi connectivity index (χ1v) is 11.7. The van der Waals surface area contributed by atoms with Crippen molar-refractivity contribution in [2.24, 2.45) is 0 Å². The van der Waals surface area contributed by atoms with E-state index in [-0.39, 0.29) is 30.7 Å². The molecule has 0 spiro atoms. The van der Waals surface area contributed by atoms with Crippen molar-refractivity contribution in [2.75, 3.05) is 6.54 Å². The van der Waals surface area contributed by atoms with E-state index >= 15 is 0 Å². The van der Waals surface area contributed by atoms with Gasteiger partial charge in [-0.2, -0.15) is 10.2 Å². The Morgan fingerprint density at radius 3 is 2.38 bits per heavy atom. The van der Waals surface area contributed by atoms with Gasteiger partial charge in [0, 0.05) is 35.1 Å². The molecule has 0 saturated carbocycles. The minimum absolute atomic E-state index is 0.165. The third-order valence-corrected chi connectivity index (χ3v) is 6.44. The van der Waals surface area contributed by atoms with E-state index in [9.17, 15) is 14.0 Å². The van der Waals surface area contributed by atoms with Crippen molar-refractivity contribution in [3.63, 3.8) is 0 Å². The average Bonchev–Trinajstić information content (AvgIpc) is 3.63. The number of pyridine rings is 1. The number of amides is 2. The zero-order valence-electron chi connectivity index (χ0n) is 19.9. The van der Waals surface area contributed by atoms with Gasteiger partial charge in [0.1, 0.15) is 5.82 Å². The summed E-state index contributed by atoms with van der Waals surface area (Å²) in [5, 5.41) is 11.5. The van der Waals surface area contributed by atoms with Crippen molar-refractivity contribution in [3.05, 3.63) is 102 Å². The summed E-state index contributed by atoms with van der Waals surface area (Å²) in [5.41, 5.74) is 5.75. The van der Waals surface area contributed by atoms with E-state index in [1.54, 1.807) is 59.7 Å². The summed E-state index contributed by atoms with van der Waals surface area (Å²) in [5.74, 6) is -1.01. The van der Waals surface area contributed by atoms with Crippen LogP contribution in [0.3, 0.4) is 0 Å². The van der Waals surface area contributed by atoms with Crippen LogP contribution < -0.4 is 0 Å². The first kappa shape index (κ1) is 22.5. The number of benzene rings is 2. The number of nitrogens with zero attached hydrogens (tertiary/aromatic N) is 5. The molecule has 0 unspecified atom stereocenters. The number of fused-ring (bicyclic) bond motifs is 1.